The molecule has 8 atom stereocenters. The van der Waals surface area contributed by atoms with Crippen LogP contribution in [-0.4, -0.2) is 0 Å². The largest absolute Gasteiger partial charge is 0.103 e. The van der Waals surface area contributed by atoms with Crippen LogP contribution in [0.15, 0.2) is 85.6 Å². The molecule has 27 heavy (non-hydrogen) atoms. The van der Waals surface area contributed by atoms with Gasteiger partial charge in [0, 0.05) is 0 Å². The van der Waals surface area contributed by atoms with Gasteiger partial charge in [-0.15, -0.1) is 6.58 Å². The third-order valence-electron chi connectivity index (χ3n) is 8.13. The Morgan fingerprint density at radius 3 is 1.63 bits per heavy atom. The second-order valence-electron chi connectivity index (χ2n) is 9.29. The van der Waals surface area contributed by atoms with Crippen LogP contribution in [0.1, 0.15) is 25.7 Å². The van der Waals surface area contributed by atoms with Crippen LogP contribution >= 0.6 is 0 Å². The van der Waals surface area contributed by atoms with Crippen molar-refractivity contribution in [2.75, 3.05) is 0 Å². The van der Waals surface area contributed by atoms with E-state index in [0.29, 0.717) is 11.8 Å². The molecule has 5 aliphatic carbocycles. The fourth-order valence-corrected chi connectivity index (χ4v) is 7.02. The molecule has 0 heteroatoms. The normalized spacial score (nSPS) is 45.7. The van der Waals surface area contributed by atoms with Gasteiger partial charge in [-0.25, -0.2) is 0 Å². The third kappa shape index (κ3) is 2.98. The van der Waals surface area contributed by atoms with Gasteiger partial charge in [0.25, 0.3) is 0 Å². The lowest BCUT2D eigenvalue weighted by Crippen LogP contribution is -2.19. The molecule has 0 amide bonds. The van der Waals surface area contributed by atoms with Crippen LogP contribution in [0, 0.1) is 53.3 Å². The first kappa shape index (κ1) is 17.3. The van der Waals surface area contributed by atoms with Crippen molar-refractivity contribution < 1.29 is 0 Å². The van der Waals surface area contributed by atoms with Crippen molar-refractivity contribution in [3.05, 3.63) is 85.6 Å². The van der Waals surface area contributed by atoms with E-state index in [-0.39, 0.29) is 0 Å². The zero-order chi connectivity index (χ0) is 18.2. The van der Waals surface area contributed by atoms with E-state index in [4.69, 9.17) is 0 Å². The molecular weight excluding hydrogens is 324 g/mol. The Kier molecular flexibility index (Phi) is 4.68. The molecular formula is C27H32. The maximum Gasteiger partial charge on any atom is -0.00956 e. The minimum Gasteiger partial charge on any atom is -0.103 e. The molecule has 0 N–H and O–H groups in total. The summed E-state index contributed by atoms with van der Waals surface area (Å²) in [4.78, 5) is 0. The molecule has 2 saturated carbocycles. The molecule has 0 aromatic rings. The molecule has 0 aromatic carbocycles. The topological polar surface area (TPSA) is 0 Å². The zero-order valence-corrected chi connectivity index (χ0v) is 16.2. The Morgan fingerprint density at radius 1 is 0.593 bits per heavy atom. The number of allylic oxidation sites excluding steroid dienone is 13. The van der Waals surface area contributed by atoms with Crippen LogP contribution < -0.4 is 0 Å². The summed E-state index contributed by atoms with van der Waals surface area (Å²) < 4.78 is 0. The van der Waals surface area contributed by atoms with Gasteiger partial charge in [0.2, 0.25) is 0 Å². The van der Waals surface area contributed by atoms with Gasteiger partial charge in [-0.2, -0.15) is 0 Å². The Bertz CT molecular complexity index is 708. The summed E-state index contributed by atoms with van der Waals surface area (Å²) in [6.45, 7) is 4.02. The number of fused-ring (bicyclic) bond motifs is 4. The molecule has 0 spiro atoms. The summed E-state index contributed by atoms with van der Waals surface area (Å²) in [7, 11) is 0. The van der Waals surface area contributed by atoms with Gasteiger partial charge in [0.05, 0.1) is 0 Å². The minimum atomic E-state index is 0.716. The number of rotatable bonds is 5. The van der Waals surface area contributed by atoms with E-state index >= 15 is 0 Å². The van der Waals surface area contributed by atoms with Crippen molar-refractivity contribution in [1.29, 1.82) is 0 Å². The van der Waals surface area contributed by atoms with Gasteiger partial charge in [0.15, 0.2) is 0 Å². The van der Waals surface area contributed by atoms with Crippen LogP contribution in [0.3, 0.4) is 0 Å². The van der Waals surface area contributed by atoms with Crippen LogP contribution in [-0.2, 0) is 0 Å². The molecule has 0 aliphatic heterocycles. The SMILES string of the molecule is C=CCC1CC(CCC2C3C=CC=CC3C3C=CC=CC32)C2C=CC=CC12. The number of hydrogen-bond acceptors (Lipinski definition) is 0. The zero-order valence-electron chi connectivity index (χ0n) is 16.2. The maximum absolute atomic E-state index is 4.02. The van der Waals surface area contributed by atoms with Gasteiger partial charge in [0.1, 0.15) is 0 Å². The fraction of sp³-hybridized carbons (Fsp3) is 0.481. The monoisotopic (exact) mass is 356 g/mol. The van der Waals surface area contributed by atoms with E-state index in [1.165, 1.54) is 25.7 Å². The fourth-order valence-electron chi connectivity index (χ4n) is 7.02. The molecule has 5 aliphatic rings. The van der Waals surface area contributed by atoms with Crippen molar-refractivity contribution in [3.8, 4) is 0 Å². The van der Waals surface area contributed by atoms with Gasteiger partial charge in [-0.1, -0.05) is 79.0 Å². The first-order valence-corrected chi connectivity index (χ1v) is 11.0. The average molecular weight is 357 g/mol. The standard InChI is InChI=1S/C27H32/c1-2-9-19-18-20(22-11-4-3-10-21(19)22)16-17-27-25-14-7-5-12-23(25)24-13-6-8-15-26(24)27/h2-8,10-15,19-27H,1,9,16-18H2. The highest BCUT2D eigenvalue weighted by molar-refractivity contribution is 5.28. The van der Waals surface area contributed by atoms with Crippen LogP contribution in [0.25, 0.3) is 0 Å². The van der Waals surface area contributed by atoms with Crippen molar-refractivity contribution in [2.24, 2.45) is 53.3 Å². The lowest BCUT2D eigenvalue weighted by molar-refractivity contribution is 0.291. The molecule has 0 aromatic heterocycles. The molecule has 5 rings (SSSR count). The predicted molar refractivity (Wildman–Crippen MR) is 115 cm³/mol. The third-order valence-corrected chi connectivity index (χ3v) is 8.13. The minimum absolute atomic E-state index is 0.716. The smallest absolute Gasteiger partial charge is 0.00956 e. The first-order valence-electron chi connectivity index (χ1n) is 11.0. The molecule has 0 bridgehead atoms. The molecule has 0 heterocycles. The highest BCUT2D eigenvalue weighted by Gasteiger charge is 2.47. The lowest BCUT2D eigenvalue weighted by atomic mass is 9.77. The van der Waals surface area contributed by atoms with Crippen LogP contribution in [0.2, 0.25) is 0 Å². The van der Waals surface area contributed by atoms with Crippen LogP contribution in [0.4, 0.5) is 0 Å². The van der Waals surface area contributed by atoms with Crippen molar-refractivity contribution in [2.45, 2.75) is 25.7 Å². The highest BCUT2D eigenvalue weighted by Crippen LogP contribution is 2.54. The van der Waals surface area contributed by atoms with Gasteiger partial charge in [-0.3, -0.25) is 0 Å². The maximum atomic E-state index is 4.02. The quantitative estimate of drug-likeness (QED) is 0.482. The van der Waals surface area contributed by atoms with Crippen LogP contribution in [0.5, 0.6) is 0 Å². The first-order chi connectivity index (χ1) is 13.4. The average Bonchev–Trinajstić information content (AvgIpc) is 3.23. The van der Waals surface area contributed by atoms with Gasteiger partial charge < -0.3 is 0 Å². The van der Waals surface area contributed by atoms with E-state index in [1.54, 1.807) is 0 Å². The van der Waals surface area contributed by atoms with E-state index in [2.05, 4.69) is 85.6 Å². The summed E-state index contributed by atoms with van der Waals surface area (Å²) in [6, 6.07) is 0. The molecule has 8 unspecified atom stereocenters. The molecule has 140 valence electrons. The second kappa shape index (κ2) is 7.30. The van der Waals surface area contributed by atoms with Crippen molar-refractivity contribution in [3.63, 3.8) is 0 Å². The van der Waals surface area contributed by atoms with E-state index in [9.17, 15) is 0 Å². The summed E-state index contributed by atoms with van der Waals surface area (Å²) in [6.07, 6.45) is 36.1. The number of hydrogen-bond donors (Lipinski definition) is 0. The Balaban J connectivity index is 1.31. The van der Waals surface area contributed by atoms with Gasteiger partial charge in [-0.05, 0) is 78.9 Å². The molecule has 0 radical (unpaired) electrons. The second-order valence-corrected chi connectivity index (χ2v) is 9.29. The summed E-state index contributed by atoms with van der Waals surface area (Å²) in [5.41, 5.74) is 0. The van der Waals surface area contributed by atoms with E-state index < -0.39 is 0 Å². The summed E-state index contributed by atoms with van der Waals surface area (Å²) >= 11 is 0. The Hall–Kier alpha value is -1.82. The predicted octanol–water partition coefficient (Wildman–Crippen LogP) is 6.68. The molecule has 2 fully saturated rings. The van der Waals surface area contributed by atoms with Gasteiger partial charge >= 0.3 is 0 Å². The highest BCUT2D eigenvalue weighted by atomic mass is 14.5. The van der Waals surface area contributed by atoms with Crippen molar-refractivity contribution in [1.82, 2.24) is 0 Å². The van der Waals surface area contributed by atoms with E-state index in [0.717, 1.165) is 41.4 Å². The summed E-state index contributed by atoms with van der Waals surface area (Å²) in [5.74, 6) is 6.88. The van der Waals surface area contributed by atoms with Crippen molar-refractivity contribution >= 4 is 0 Å². The molecule has 0 nitrogen and oxygen atoms in total. The Morgan fingerprint density at radius 2 is 1.07 bits per heavy atom. The van der Waals surface area contributed by atoms with E-state index in [1.807, 2.05) is 0 Å². The lowest BCUT2D eigenvalue weighted by Gasteiger charge is -2.27. The molecule has 0 saturated heterocycles. The summed E-state index contributed by atoms with van der Waals surface area (Å²) in [5, 5.41) is 0. The Labute approximate surface area is 164 Å².